The molecular weight excluding hydrogens is 204 g/mol. The summed E-state index contributed by atoms with van der Waals surface area (Å²) in [6, 6.07) is 7.20. The molecule has 17 heavy (non-hydrogen) atoms. The zero-order chi connectivity index (χ0) is 12.6. The first-order valence-electron chi connectivity index (χ1n) is 6.99. The van der Waals surface area contributed by atoms with Crippen molar-refractivity contribution in [2.45, 2.75) is 59.8 Å². The smallest absolute Gasteiger partial charge is 0.0111 e. The van der Waals surface area contributed by atoms with Crippen molar-refractivity contribution in [3.63, 3.8) is 0 Å². The van der Waals surface area contributed by atoms with E-state index in [0.717, 1.165) is 5.92 Å². The Morgan fingerprint density at radius 2 is 1.71 bits per heavy atom. The Balaban J connectivity index is 2.28. The number of hydrogen-bond donors (Lipinski definition) is 0. The van der Waals surface area contributed by atoms with Crippen LogP contribution >= 0.6 is 0 Å². The van der Waals surface area contributed by atoms with E-state index in [1.165, 1.54) is 19.3 Å². The van der Waals surface area contributed by atoms with Crippen LogP contribution in [0.2, 0.25) is 0 Å². The molecule has 0 fully saturated rings. The third-order valence-electron chi connectivity index (χ3n) is 4.05. The molecule has 0 N–H and O–H groups in total. The minimum Gasteiger partial charge on any atom is -0.0628 e. The number of hydrogen-bond acceptors (Lipinski definition) is 0. The van der Waals surface area contributed by atoms with Crippen molar-refractivity contribution < 1.29 is 0 Å². The predicted octanol–water partition coefficient (Wildman–Crippen LogP) is 4.96. The molecule has 0 spiro atoms. The highest BCUT2D eigenvalue weighted by atomic mass is 14.3. The zero-order valence-corrected chi connectivity index (χ0v) is 12.0. The molecule has 1 aliphatic carbocycles. The van der Waals surface area contributed by atoms with Gasteiger partial charge in [-0.2, -0.15) is 0 Å². The fourth-order valence-electron chi connectivity index (χ4n) is 2.89. The van der Waals surface area contributed by atoms with Crippen LogP contribution in [0.5, 0.6) is 0 Å². The van der Waals surface area contributed by atoms with Gasteiger partial charge in [0.25, 0.3) is 0 Å². The van der Waals surface area contributed by atoms with Crippen molar-refractivity contribution >= 4 is 0 Å². The second kappa shape index (κ2) is 4.48. The first kappa shape index (κ1) is 12.7. The van der Waals surface area contributed by atoms with Crippen LogP contribution in [0.4, 0.5) is 0 Å². The molecule has 0 aliphatic heterocycles. The number of fused-ring (bicyclic) bond motifs is 1. The van der Waals surface area contributed by atoms with E-state index in [1.807, 2.05) is 0 Å². The van der Waals surface area contributed by atoms with Crippen molar-refractivity contribution in [2.75, 3.05) is 0 Å². The van der Waals surface area contributed by atoms with E-state index in [1.54, 1.807) is 16.7 Å². The van der Waals surface area contributed by atoms with Crippen molar-refractivity contribution in [3.05, 3.63) is 34.9 Å². The molecule has 0 radical (unpaired) electrons. The van der Waals surface area contributed by atoms with Gasteiger partial charge in [-0.25, -0.2) is 0 Å². The molecule has 0 bridgehead atoms. The summed E-state index contributed by atoms with van der Waals surface area (Å²) in [4.78, 5) is 0. The van der Waals surface area contributed by atoms with Crippen molar-refractivity contribution in [1.82, 2.24) is 0 Å². The molecule has 1 atom stereocenters. The molecule has 0 heteroatoms. The summed E-state index contributed by atoms with van der Waals surface area (Å²) in [6.07, 6.45) is 3.88. The van der Waals surface area contributed by atoms with E-state index in [2.05, 4.69) is 52.8 Å². The third-order valence-corrected chi connectivity index (χ3v) is 4.05. The molecule has 94 valence electrons. The fourth-order valence-corrected chi connectivity index (χ4v) is 2.89. The van der Waals surface area contributed by atoms with Gasteiger partial charge < -0.3 is 0 Å². The molecule has 0 heterocycles. The molecule has 2 rings (SSSR count). The summed E-state index contributed by atoms with van der Waals surface area (Å²) >= 11 is 0. The van der Waals surface area contributed by atoms with Gasteiger partial charge in [-0.3, -0.25) is 0 Å². The third kappa shape index (κ3) is 2.73. The maximum atomic E-state index is 2.47. The van der Waals surface area contributed by atoms with Crippen LogP contribution in [0.3, 0.4) is 0 Å². The van der Waals surface area contributed by atoms with Gasteiger partial charge in [-0.15, -0.1) is 0 Å². The monoisotopic (exact) mass is 230 g/mol. The van der Waals surface area contributed by atoms with E-state index in [4.69, 9.17) is 0 Å². The van der Waals surface area contributed by atoms with Gasteiger partial charge in [0.1, 0.15) is 0 Å². The molecule has 1 unspecified atom stereocenters. The Bertz CT molecular complexity index is 393. The highest BCUT2D eigenvalue weighted by Crippen LogP contribution is 2.41. The molecule has 1 aromatic carbocycles. The van der Waals surface area contributed by atoms with Gasteiger partial charge >= 0.3 is 0 Å². The quantitative estimate of drug-likeness (QED) is 0.688. The molecule has 0 aromatic heterocycles. The molecule has 0 saturated carbocycles. The maximum absolute atomic E-state index is 2.47. The van der Waals surface area contributed by atoms with E-state index >= 15 is 0 Å². The standard InChI is InChI=1S/C17H26/c1-12(2)10-16(17(3,4)5)15-9-7-13-6-8-14(13)11-15/h7,9,11-12,16H,6,8,10H2,1-5H3. The summed E-state index contributed by atoms with van der Waals surface area (Å²) in [5, 5.41) is 0. The van der Waals surface area contributed by atoms with Crippen molar-refractivity contribution in [2.24, 2.45) is 11.3 Å². The van der Waals surface area contributed by atoms with E-state index in [0.29, 0.717) is 11.3 Å². The summed E-state index contributed by atoms with van der Waals surface area (Å²) in [5.41, 5.74) is 5.10. The van der Waals surface area contributed by atoms with E-state index < -0.39 is 0 Å². The van der Waals surface area contributed by atoms with Crippen LogP contribution in [0, 0.1) is 11.3 Å². The summed E-state index contributed by atoms with van der Waals surface area (Å²) in [7, 11) is 0. The first-order valence-corrected chi connectivity index (χ1v) is 6.99. The summed E-state index contributed by atoms with van der Waals surface area (Å²) in [6.45, 7) is 11.8. The predicted molar refractivity (Wildman–Crippen MR) is 75.5 cm³/mol. The molecular formula is C17H26. The number of aryl methyl sites for hydroxylation is 2. The largest absolute Gasteiger partial charge is 0.0628 e. The van der Waals surface area contributed by atoms with Gasteiger partial charge in [0.05, 0.1) is 0 Å². The zero-order valence-electron chi connectivity index (χ0n) is 12.0. The highest BCUT2D eigenvalue weighted by molar-refractivity contribution is 5.40. The lowest BCUT2D eigenvalue weighted by Gasteiger charge is -2.34. The van der Waals surface area contributed by atoms with Gasteiger partial charge in [0.15, 0.2) is 0 Å². The average molecular weight is 230 g/mol. The molecule has 0 saturated heterocycles. The van der Waals surface area contributed by atoms with Crippen LogP contribution in [0.1, 0.15) is 63.6 Å². The van der Waals surface area contributed by atoms with Crippen LogP contribution < -0.4 is 0 Å². The van der Waals surface area contributed by atoms with Crippen molar-refractivity contribution in [3.8, 4) is 0 Å². The first-order chi connectivity index (χ1) is 7.88. The van der Waals surface area contributed by atoms with Gasteiger partial charge in [0, 0.05) is 0 Å². The highest BCUT2D eigenvalue weighted by Gasteiger charge is 2.28. The lowest BCUT2D eigenvalue weighted by atomic mass is 9.71. The Hall–Kier alpha value is -0.780. The van der Waals surface area contributed by atoms with Crippen LogP contribution in [0.15, 0.2) is 18.2 Å². The fraction of sp³-hybridized carbons (Fsp3) is 0.647. The summed E-state index contributed by atoms with van der Waals surface area (Å²) in [5.74, 6) is 1.46. The van der Waals surface area contributed by atoms with Crippen LogP contribution in [-0.4, -0.2) is 0 Å². The van der Waals surface area contributed by atoms with E-state index in [-0.39, 0.29) is 0 Å². The minimum atomic E-state index is 0.363. The van der Waals surface area contributed by atoms with Gasteiger partial charge in [-0.1, -0.05) is 52.8 Å². The van der Waals surface area contributed by atoms with Gasteiger partial charge in [-0.05, 0) is 53.2 Å². The Kier molecular flexibility index (Phi) is 3.34. The lowest BCUT2D eigenvalue weighted by molar-refractivity contribution is 0.279. The molecule has 0 nitrogen and oxygen atoms in total. The topological polar surface area (TPSA) is 0 Å². The maximum Gasteiger partial charge on any atom is -0.0111 e. The van der Waals surface area contributed by atoms with Crippen molar-refractivity contribution in [1.29, 1.82) is 0 Å². The second-order valence-electron chi connectivity index (χ2n) is 7.08. The Morgan fingerprint density at radius 1 is 1.06 bits per heavy atom. The molecule has 0 amide bonds. The van der Waals surface area contributed by atoms with Gasteiger partial charge in [0.2, 0.25) is 0 Å². The Labute approximate surface area is 106 Å². The summed E-state index contributed by atoms with van der Waals surface area (Å²) < 4.78 is 0. The Morgan fingerprint density at radius 3 is 2.12 bits per heavy atom. The lowest BCUT2D eigenvalue weighted by Crippen LogP contribution is -2.21. The van der Waals surface area contributed by atoms with E-state index in [9.17, 15) is 0 Å². The normalized spacial score (nSPS) is 16.6. The average Bonchev–Trinajstić information content (AvgIpc) is 2.15. The molecule has 1 aromatic rings. The number of benzene rings is 1. The minimum absolute atomic E-state index is 0.363. The number of rotatable bonds is 3. The second-order valence-corrected chi connectivity index (χ2v) is 7.08. The molecule has 1 aliphatic rings. The van der Waals surface area contributed by atoms with Crippen LogP contribution in [0.25, 0.3) is 0 Å². The SMILES string of the molecule is CC(C)CC(c1ccc2c(c1)CC2)C(C)(C)C. The van der Waals surface area contributed by atoms with Crippen LogP contribution in [-0.2, 0) is 12.8 Å².